The zero-order valence-corrected chi connectivity index (χ0v) is 41.4. The quantitative estimate of drug-likeness (QED) is 0.0505. The van der Waals surface area contributed by atoms with Gasteiger partial charge in [-0.1, -0.05) is 68.8 Å². The van der Waals surface area contributed by atoms with E-state index in [2.05, 4.69) is 36.6 Å². The molecule has 2 amide bonds. The van der Waals surface area contributed by atoms with E-state index >= 15 is 0 Å². The number of ether oxygens (including phenoxy) is 3. The molecule has 0 aliphatic heterocycles. The molecule has 2 heterocycles. The Kier molecular flexibility index (Phi) is 17.9. The van der Waals surface area contributed by atoms with Gasteiger partial charge in [-0.25, -0.2) is 19.6 Å². The highest BCUT2D eigenvalue weighted by Crippen LogP contribution is 2.27. The summed E-state index contributed by atoms with van der Waals surface area (Å²) in [4.78, 5) is 73.4. The molecule has 0 bridgehead atoms. The Balaban J connectivity index is 0.000000260. The minimum atomic E-state index is -0.655. The summed E-state index contributed by atoms with van der Waals surface area (Å²) in [7, 11) is 1.39. The first-order valence-corrected chi connectivity index (χ1v) is 23.3. The molecule has 0 aliphatic rings. The number of benzene rings is 4. The number of hydrogen-bond donors (Lipinski definition) is 3. The van der Waals surface area contributed by atoms with Crippen molar-refractivity contribution >= 4 is 61.6 Å². The number of carbonyl (C=O) groups is 3. The number of alkyl carbamates (subject to hydrolysis) is 2. The molecule has 2 atom stereocenters. The van der Waals surface area contributed by atoms with E-state index in [1.165, 1.54) is 7.11 Å². The standard InChI is InChI=1S/C29H38N4O5.C22H24BrN3O3/c1-6-21(32-28(36)38-29(2,3)4)26-31-23-17-13-16-22(30-19-12-8-11-18-24(34)37-5)25(23)27(35)33(26)20-14-9-7-10-15-20;1-5-16(25-21(28)29-22(2,3)4)19-24-17-13-9-12-15(23)18(17)20(27)26(19)14-10-7-6-8-11-14/h7,9-10,13-17,21,30H,6,8,11-12,18-19H2,1-5H3,(H,32,36);6-13,16H,5H2,1-4H3,(H,25,28)/t21-;16-/m00/s1. The fraction of sp³-hybridized carbons (Fsp3) is 0.392. The monoisotopic (exact) mass is 979 g/mol. The molecule has 0 fully saturated rings. The van der Waals surface area contributed by atoms with Gasteiger partial charge < -0.3 is 30.2 Å². The number of fused-ring (bicyclic) bond motifs is 2. The molecule has 0 aliphatic carbocycles. The minimum absolute atomic E-state index is 0.201. The van der Waals surface area contributed by atoms with E-state index in [4.69, 9.17) is 19.4 Å². The number of amides is 2. The van der Waals surface area contributed by atoms with Gasteiger partial charge in [-0.2, -0.15) is 0 Å². The maximum Gasteiger partial charge on any atom is 0.408 e. The van der Waals surface area contributed by atoms with Crippen molar-refractivity contribution in [3.05, 3.63) is 134 Å². The second-order valence-corrected chi connectivity index (χ2v) is 18.6. The van der Waals surface area contributed by atoms with Gasteiger partial charge in [0.15, 0.2) is 0 Å². The van der Waals surface area contributed by atoms with Crippen LogP contribution in [0.3, 0.4) is 0 Å². The van der Waals surface area contributed by atoms with Crippen LogP contribution in [-0.4, -0.2) is 62.1 Å². The normalized spacial score (nSPS) is 12.3. The smallest absolute Gasteiger partial charge is 0.408 e. The summed E-state index contributed by atoms with van der Waals surface area (Å²) in [6.45, 7) is 15.3. The van der Waals surface area contributed by atoms with Crippen molar-refractivity contribution in [2.75, 3.05) is 19.0 Å². The summed E-state index contributed by atoms with van der Waals surface area (Å²) in [6.07, 6.45) is 2.77. The molecule has 3 N–H and O–H groups in total. The number of nitrogens with one attached hydrogen (secondary N) is 3. The van der Waals surface area contributed by atoms with Crippen LogP contribution in [0, 0.1) is 0 Å². The third kappa shape index (κ3) is 14.0. The molecule has 67 heavy (non-hydrogen) atoms. The van der Waals surface area contributed by atoms with Crippen molar-refractivity contribution in [1.29, 1.82) is 0 Å². The number of anilines is 1. The Hall–Kier alpha value is -6.55. The van der Waals surface area contributed by atoms with Crippen molar-refractivity contribution in [3.8, 4) is 11.4 Å². The molecule has 0 radical (unpaired) electrons. The zero-order valence-electron chi connectivity index (χ0n) is 39.8. The van der Waals surface area contributed by atoms with Crippen molar-refractivity contribution in [1.82, 2.24) is 29.7 Å². The van der Waals surface area contributed by atoms with Gasteiger partial charge in [-0.05, 0) is 132 Å². The van der Waals surface area contributed by atoms with Gasteiger partial charge in [-0.15, -0.1) is 0 Å². The number of para-hydroxylation sites is 2. The third-order valence-corrected chi connectivity index (χ3v) is 10.9. The van der Waals surface area contributed by atoms with Gasteiger partial charge in [0.1, 0.15) is 22.9 Å². The van der Waals surface area contributed by atoms with Crippen molar-refractivity contribution in [2.24, 2.45) is 0 Å². The molecule has 16 heteroatoms. The van der Waals surface area contributed by atoms with Gasteiger partial charge in [0.05, 0.1) is 52.4 Å². The van der Waals surface area contributed by atoms with Crippen LogP contribution in [-0.2, 0) is 19.0 Å². The maximum absolute atomic E-state index is 14.0. The molecule has 356 valence electrons. The first kappa shape index (κ1) is 51.4. The largest absolute Gasteiger partial charge is 0.469 e. The molecule has 0 saturated carbocycles. The SMILES string of the molecule is CC[C@H](NC(=O)OC(C)(C)C)c1nc2cccc(Br)c2c(=O)n1-c1ccccc1.CC[C@H](NC(=O)OC(C)(C)C)c1nc2cccc(NCCCCCC(=O)OC)c2c(=O)n1-c1ccccc1. The fourth-order valence-electron chi connectivity index (χ4n) is 7.22. The van der Waals surface area contributed by atoms with E-state index in [-0.39, 0.29) is 17.1 Å². The Morgan fingerprint density at radius 3 is 1.55 bits per heavy atom. The summed E-state index contributed by atoms with van der Waals surface area (Å²) in [6, 6.07) is 28.5. The van der Waals surface area contributed by atoms with Gasteiger partial charge >= 0.3 is 18.2 Å². The number of halogens is 1. The first-order valence-electron chi connectivity index (χ1n) is 22.5. The molecular weight excluding hydrogens is 919 g/mol. The molecule has 0 spiro atoms. The molecular formula is C51H62BrN7O8. The molecule has 2 aromatic heterocycles. The van der Waals surface area contributed by atoms with Gasteiger partial charge in [-0.3, -0.25) is 23.5 Å². The van der Waals surface area contributed by atoms with Crippen LogP contribution in [0.5, 0.6) is 0 Å². The van der Waals surface area contributed by atoms with Crippen molar-refractivity contribution < 1.29 is 28.6 Å². The molecule has 0 saturated heterocycles. The lowest BCUT2D eigenvalue weighted by Crippen LogP contribution is -2.37. The van der Waals surface area contributed by atoms with E-state index in [1.54, 1.807) is 62.8 Å². The second-order valence-electron chi connectivity index (χ2n) is 17.8. The van der Waals surface area contributed by atoms with Crippen molar-refractivity contribution in [3.63, 3.8) is 0 Å². The Morgan fingerprint density at radius 1 is 0.627 bits per heavy atom. The summed E-state index contributed by atoms with van der Waals surface area (Å²) < 4.78 is 19.3. The predicted molar refractivity (Wildman–Crippen MR) is 266 cm³/mol. The lowest BCUT2D eigenvalue weighted by Gasteiger charge is -2.25. The number of carbonyl (C=O) groups excluding carboxylic acids is 3. The Bertz CT molecular complexity index is 2770. The average Bonchev–Trinajstić information content (AvgIpc) is 3.27. The Labute approximate surface area is 399 Å². The Morgan fingerprint density at radius 2 is 1.09 bits per heavy atom. The van der Waals surface area contributed by atoms with E-state index in [1.807, 2.05) is 98.8 Å². The highest BCUT2D eigenvalue weighted by molar-refractivity contribution is 9.10. The number of rotatable bonds is 15. The van der Waals surface area contributed by atoms with Crippen LogP contribution >= 0.6 is 15.9 Å². The third-order valence-electron chi connectivity index (χ3n) is 10.2. The summed E-state index contributed by atoms with van der Waals surface area (Å²) in [5.41, 5.74) is 1.43. The molecule has 4 aromatic carbocycles. The summed E-state index contributed by atoms with van der Waals surface area (Å²) >= 11 is 3.46. The second kappa shape index (κ2) is 23.3. The van der Waals surface area contributed by atoms with Crippen LogP contribution in [0.4, 0.5) is 15.3 Å². The van der Waals surface area contributed by atoms with Crippen LogP contribution < -0.4 is 27.1 Å². The van der Waals surface area contributed by atoms with E-state index in [0.29, 0.717) is 80.8 Å². The number of unbranched alkanes of at least 4 members (excludes halogenated alkanes) is 2. The summed E-state index contributed by atoms with van der Waals surface area (Å²) in [5.74, 6) is 0.684. The van der Waals surface area contributed by atoms with Crippen LogP contribution in [0.25, 0.3) is 33.2 Å². The predicted octanol–water partition coefficient (Wildman–Crippen LogP) is 10.6. The number of esters is 1. The zero-order chi connectivity index (χ0) is 48.9. The van der Waals surface area contributed by atoms with Gasteiger partial charge in [0.25, 0.3) is 11.1 Å². The molecule has 6 rings (SSSR count). The minimum Gasteiger partial charge on any atom is -0.469 e. The number of aromatic nitrogens is 4. The lowest BCUT2D eigenvalue weighted by molar-refractivity contribution is -0.140. The lowest BCUT2D eigenvalue weighted by atomic mass is 10.1. The highest BCUT2D eigenvalue weighted by Gasteiger charge is 2.27. The van der Waals surface area contributed by atoms with Gasteiger partial charge in [0, 0.05) is 23.1 Å². The maximum atomic E-state index is 14.0. The molecule has 6 aromatic rings. The fourth-order valence-corrected chi connectivity index (χ4v) is 7.74. The number of nitrogens with zero attached hydrogens (tertiary/aromatic N) is 4. The van der Waals surface area contributed by atoms with E-state index < -0.39 is 35.5 Å². The number of methoxy groups -OCH3 is 1. The van der Waals surface area contributed by atoms with Crippen LogP contribution in [0.1, 0.15) is 118 Å². The van der Waals surface area contributed by atoms with E-state index in [0.717, 1.165) is 19.3 Å². The molecule has 0 unspecified atom stereocenters. The van der Waals surface area contributed by atoms with Gasteiger partial charge in [0.2, 0.25) is 0 Å². The van der Waals surface area contributed by atoms with Crippen LogP contribution in [0.2, 0.25) is 0 Å². The highest BCUT2D eigenvalue weighted by atomic mass is 79.9. The van der Waals surface area contributed by atoms with E-state index in [9.17, 15) is 24.0 Å². The van der Waals surface area contributed by atoms with Crippen molar-refractivity contribution in [2.45, 2.75) is 117 Å². The average molecular weight is 981 g/mol. The topological polar surface area (TPSA) is 185 Å². The summed E-state index contributed by atoms with van der Waals surface area (Å²) in [5, 5.41) is 10.1. The molecule has 15 nitrogen and oxygen atoms in total. The number of hydrogen-bond acceptors (Lipinski definition) is 11. The first-order chi connectivity index (χ1) is 31.8. The van der Waals surface area contributed by atoms with Crippen LogP contribution in [0.15, 0.2) is 111 Å².